The number of amides is 2. The second-order valence-electron chi connectivity index (χ2n) is 6.32. The number of rotatable bonds is 5. The van der Waals surface area contributed by atoms with Crippen molar-refractivity contribution < 1.29 is 9.32 Å². The summed E-state index contributed by atoms with van der Waals surface area (Å²) in [7, 11) is 1.80. The van der Waals surface area contributed by atoms with Crippen LogP contribution >= 0.6 is 11.8 Å². The van der Waals surface area contributed by atoms with Gasteiger partial charge in [0.25, 0.3) is 0 Å². The highest BCUT2D eigenvalue weighted by molar-refractivity contribution is 7.99. The first-order valence-corrected chi connectivity index (χ1v) is 9.46. The Labute approximate surface area is 143 Å². The van der Waals surface area contributed by atoms with Crippen LogP contribution < -0.4 is 0 Å². The maximum absolute atomic E-state index is 12.7. The van der Waals surface area contributed by atoms with Crippen LogP contribution in [0.2, 0.25) is 0 Å². The molecule has 2 rings (SSSR count). The fourth-order valence-electron chi connectivity index (χ4n) is 3.09. The Bertz CT molecular complexity index is 512. The highest BCUT2D eigenvalue weighted by atomic mass is 32.2. The number of piperidine rings is 1. The van der Waals surface area contributed by atoms with Gasteiger partial charge in [-0.3, -0.25) is 0 Å². The third-order valence-corrected chi connectivity index (χ3v) is 5.42. The molecule has 23 heavy (non-hydrogen) atoms. The van der Waals surface area contributed by atoms with Crippen molar-refractivity contribution in [1.82, 2.24) is 19.9 Å². The first kappa shape index (κ1) is 18.1. The number of carbonyl (C=O) groups excluding carboxylic acids is 1. The average Bonchev–Trinajstić information content (AvgIpc) is 2.95. The number of thioether (sulfide) groups is 1. The molecular weight excluding hydrogens is 312 g/mol. The smallest absolute Gasteiger partial charge is 0.320 e. The average molecular weight is 340 g/mol. The normalized spacial score (nSPS) is 22.9. The first-order chi connectivity index (χ1) is 10.9. The van der Waals surface area contributed by atoms with Crippen LogP contribution in [-0.4, -0.2) is 50.9 Å². The Hall–Kier alpha value is -1.24. The Morgan fingerprint density at radius 1 is 1.43 bits per heavy atom. The highest BCUT2D eigenvalue weighted by Gasteiger charge is 2.31. The molecule has 7 heteroatoms. The Morgan fingerprint density at radius 2 is 2.09 bits per heavy atom. The fourth-order valence-corrected chi connectivity index (χ4v) is 3.83. The number of urea groups is 1. The number of hydrogen-bond donors (Lipinski definition) is 0. The van der Waals surface area contributed by atoms with Crippen LogP contribution in [-0.2, 0) is 6.54 Å². The molecule has 0 bridgehead atoms. The molecule has 0 spiro atoms. The SMILES string of the molecule is CCS[C@H](C)c1noc(CN(C)C(=O)N2[C@H](C)CCC[C@@H]2C)n1. The van der Waals surface area contributed by atoms with E-state index >= 15 is 0 Å². The summed E-state index contributed by atoms with van der Waals surface area (Å²) in [6, 6.07) is 0.612. The standard InChI is InChI=1S/C16H28N4O2S/c1-6-23-13(4)15-17-14(22-18-15)10-19(5)16(21)20-11(2)8-7-9-12(20)3/h11-13H,6-10H2,1-5H3/t11-,12+,13-/m1/s1. The molecule has 2 amide bonds. The second kappa shape index (κ2) is 8.04. The Morgan fingerprint density at radius 3 is 2.70 bits per heavy atom. The molecule has 0 unspecified atom stereocenters. The number of aromatic nitrogens is 2. The van der Waals surface area contributed by atoms with Gasteiger partial charge in [-0.15, -0.1) is 0 Å². The minimum atomic E-state index is 0.0421. The van der Waals surface area contributed by atoms with Gasteiger partial charge in [-0.25, -0.2) is 4.79 Å². The Balaban J connectivity index is 1.98. The minimum absolute atomic E-state index is 0.0421. The van der Waals surface area contributed by atoms with Crippen molar-refractivity contribution >= 4 is 17.8 Å². The van der Waals surface area contributed by atoms with E-state index < -0.39 is 0 Å². The fraction of sp³-hybridized carbons (Fsp3) is 0.812. The van der Waals surface area contributed by atoms with Crippen LogP contribution in [0.25, 0.3) is 0 Å². The van der Waals surface area contributed by atoms with Gasteiger partial charge >= 0.3 is 6.03 Å². The van der Waals surface area contributed by atoms with Gasteiger partial charge in [-0.05, 0) is 45.8 Å². The third kappa shape index (κ3) is 4.40. The van der Waals surface area contributed by atoms with Gasteiger partial charge in [-0.1, -0.05) is 12.1 Å². The zero-order valence-electron chi connectivity index (χ0n) is 14.8. The predicted octanol–water partition coefficient (Wildman–Crippen LogP) is 3.70. The van der Waals surface area contributed by atoms with E-state index in [2.05, 4.69) is 37.8 Å². The van der Waals surface area contributed by atoms with Crippen LogP contribution in [0.5, 0.6) is 0 Å². The zero-order chi connectivity index (χ0) is 17.0. The van der Waals surface area contributed by atoms with Gasteiger partial charge < -0.3 is 14.3 Å². The van der Waals surface area contributed by atoms with Gasteiger partial charge in [0, 0.05) is 19.1 Å². The van der Waals surface area contributed by atoms with Crippen molar-refractivity contribution in [3.63, 3.8) is 0 Å². The van der Waals surface area contributed by atoms with Gasteiger partial charge in [0.15, 0.2) is 5.82 Å². The molecule has 130 valence electrons. The van der Waals surface area contributed by atoms with Crippen LogP contribution in [0.1, 0.15) is 63.9 Å². The lowest BCUT2D eigenvalue weighted by atomic mass is 9.98. The molecule has 6 nitrogen and oxygen atoms in total. The summed E-state index contributed by atoms with van der Waals surface area (Å²) in [6.45, 7) is 8.77. The number of carbonyl (C=O) groups is 1. The minimum Gasteiger partial charge on any atom is -0.337 e. The van der Waals surface area contributed by atoms with Crippen molar-refractivity contribution in [3.05, 3.63) is 11.7 Å². The number of nitrogens with zero attached hydrogens (tertiary/aromatic N) is 4. The van der Waals surface area contributed by atoms with Crippen molar-refractivity contribution in [1.29, 1.82) is 0 Å². The van der Waals surface area contributed by atoms with Crippen molar-refractivity contribution in [2.75, 3.05) is 12.8 Å². The second-order valence-corrected chi connectivity index (χ2v) is 7.94. The summed E-state index contributed by atoms with van der Waals surface area (Å²) in [4.78, 5) is 20.8. The molecule has 1 aliphatic heterocycles. The lowest BCUT2D eigenvalue weighted by molar-refractivity contribution is 0.0942. The summed E-state index contributed by atoms with van der Waals surface area (Å²) in [5, 5.41) is 4.24. The van der Waals surface area contributed by atoms with Crippen molar-refractivity contribution in [3.8, 4) is 0 Å². The van der Waals surface area contributed by atoms with E-state index in [9.17, 15) is 4.79 Å². The van der Waals surface area contributed by atoms with Crippen LogP contribution in [0.15, 0.2) is 4.52 Å². The number of likely N-dealkylation sites (tertiary alicyclic amines) is 1. The van der Waals surface area contributed by atoms with E-state index in [1.165, 1.54) is 6.42 Å². The van der Waals surface area contributed by atoms with E-state index in [0.717, 1.165) is 18.6 Å². The van der Waals surface area contributed by atoms with E-state index in [1.54, 1.807) is 23.7 Å². The lowest BCUT2D eigenvalue weighted by Gasteiger charge is -2.40. The summed E-state index contributed by atoms with van der Waals surface area (Å²) in [6.07, 6.45) is 3.33. The van der Waals surface area contributed by atoms with E-state index in [1.807, 2.05) is 4.90 Å². The predicted molar refractivity (Wildman–Crippen MR) is 92.3 cm³/mol. The zero-order valence-corrected chi connectivity index (χ0v) is 15.6. The van der Waals surface area contributed by atoms with Crippen molar-refractivity contribution in [2.24, 2.45) is 0 Å². The van der Waals surface area contributed by atoms with E-state index in [-0.39, 0.29) is 23.4 Å². The maximum atomic E-state index is 12.7. The molecule has 0 N–H and O–H groups in total. The summed E-state index contributed by atoms with van der Waals surface area (Å²) >= 11 is 1.77. The highest BCUT2D eigenvalue weighted by Crippen LogP contribution is 2.26. The topological polar surface area (TPSA) is 62.5 Å². The molecule has 3 atom stereocenters. The maximum Gasteiger partial charge on any atom is 0.320 e. The molecule has 1 aromatic rings. The van der Waals surface area contributed by atoms with Gasteiger partial charge in [0.1, 0.15) is 6.54 Å². The molecular formula is C16H28N4O2S. The molecule has 1 aromatic heterocycles. The first-order valence-electron chi connectivity index (χ1n) is 8.41. The van der Waals surface area contributed by atoms with Crippen molar-refractivity contribution in [2.45, 2.75) is 70.8 Å². The number of hydrogen-bond acceptors (Lipinski definition) is 5. The molecule has 0 radical (unpaired) electrons. The third-order valence-electron chi connectivity index (χ3n) is 4.38. The van der Waals surface area contributed by atoms with Gasteiger partial charge in [-0.2, -0.15) is 16.7 Å². The summed E-state index contributed by atoms with van der Waals surface area (Å²) in [5.74, 6) is 2.21. The molecule has 1 aliphatic rings. The molecule has 1 saturated heterocycles. The quantitative estimate of drug-likeness (QED) is 0.818. The molecule has 0 aromatic carbocycles. The Kier molecular flexibility index (Phi) is 6.33. The van der Waals surface area contributed by atoms with Crippen LogP contribution in [0, 0.1) is 0 Å². The van der Waals surface area contributed by atoms with E-state index in [4.69, 9.17) is 4.52 Å². The van der Waals surface area contributed by atoms with Gasteiger partial charge in [0.05, 0.1) is 5.25 Å². The lowest BCUT2D eigenvalue weighted by Crippen LogP contribution is -2.52. The van der Waals surface area contributed by atoms with Gasteiger partial charge in [0.2, 0.25) is 5.89 Å². The molecule has 0 aliphatic carbocycles. The monoisotopic (exact) mass is 340 g/mol. The van der Waals surface area contributed by atoms with Crippen LogP contribution in [0.4, 0.5) is 4.79 Å². The largest absolute Gasteiger partial charge is 0.337 e. The molecule has 0 saturated carbocycles. The summed E-state index contributed by atoms with van der Waals surface area (Å²) in [5.41, 5.74) is 0. The van der Waals surface area contributed by atoms with E-state index in [0.29, 0.717) is 18.3 Å². The van der Waals surface area contributed by atoms with Crippen LogP contribution in [0.3, 0.4) is 0 Å². The molecule has 1 fully saturated rings. The summed E-state index contributed by atoms with van der Waals surface area (Å²) < 4.78 is 5.31. The molecule has 2 heterocycles.